The molecule has 0 bridgehead atoms. The fraction of sp³-hybridized carbons (Fsp3) is 0.467. The highest BCUT2D eigenvalue weighted by Gasteiger charge is 2.24. The molecule has 0 saturated heterocycles. The molecule has 1 saturated carbocycles. The zero-order chi connectivity index (χ0) is 15.4. The van der Waals surface area contributed by atoms with Crippen LogP contribution in [0.5, 0.6) is 0 Å². The van der Waals surface area contributed by atoms with Gasteiger partial charge in [-0.25, -0.2) is 4.39 Å². The molecular formula is C15H19FN2O3. The molecule has 1 aliphatic rings. The number of benzene rings is 1. The monoisotopic (exact) mass is 294 g/mol. The van der Waals surface area contributed by atoms with Crippen molar-refractivity contribution in [2.24, 2.45) is 0 Å². The van der Waals surface area contributed by atoms with Gasteiger partial charge in [-0.2, -0.15) is 0 Å². The van der Waals surface area contributed by atoms with Crippen LogP contribution in [0.15, 0.2) is 18.2 Å². The molecule has 2 rings (SSSR count). The van der Waals surface area contributed by atoms with E-state index in [1.54, 1.807) is 13.0 Å². The van der Waals surface area contributed by atoms with Gasteiger partial charge in [0.1, 0.15) is 5.82 Å². The smallest absolute Gasteiger partial charge is 0.313 e. The topological polar surface area (TPSA) is 78.4 Å². The number of hydrogen-bond acceptors (Lipinski definition) is 3. The maximum Gasteiger partial charge on any atom is 0.313 e. The number of anilines is 1. The quantitative estimate of drug-likeness (QED) is 0.723. The molecule has 1 aromatic carbocycles. The van der Waals surface area contributed by atoms with Crippen molar-refractivity contribution < 1.29 is 19.1 Å². The summed E-state index contributed by atoms with van der Waals surface area (Å²) in [5, 5.41) is 14.3. The van der Waals surface area contributed by atoms with Gasteiger partial charge in [-0.1, -0.05) is 6.07 Å². The molecule has 0 unspecified atom stereocenters. The Morgan fingerprint density at radius 2 is 1.86 bits per heavy atom. The number of aryl methyl sites for hydroxylation is 1. The van der Waals surface area contributed by atoms with Gasteiger partial charge in [0.15, 0.2) is 0 Å². The van der Waals surface area contributed by atoms with E-state index in [1.807, 2.05) is 0 Å². The van der Waals surface area contributed by atoms with Gasteiger partial charge in [0.05, 0.1) is 11.8 Å². The first kappa shape index (κ1) is 15.4. The highest BCUT2D eigenvalue weighted by Crippen LogP contribution is 2.18. The number of aliphatic hydroxyl groups excluding tert-OH is 1. The molecule has 0 radical (unpaired) electrons. The average molecular weight is 294 g/mol. The van der Waals surface area contributed by atoms with E-state index in [0.717, 1.165) is 5.56 Å². The first-order chi connectivity index (χ1) is 9.95. The van der Waals surface area contributed by atoms with E-state index in [4.69, 9.17) is 0 Å². The summed E-state index contributed by atoms with van der Waals surface area (Å²) < 4.78 is 13.5. The van der Waals surface area contributed by atoms with Crippen LogP contribution in [0.3, 0.4) is 0 Å². The van der Waals surface area contributed by atoms with Gasteiger partial charge >= 0.3 is 11.8 Å². The van der Waals surface area contributed by atoms with Crippen molar-refractivity contribution in [1.82, 2.24) is 5.32 Å². The molecule has 1 fully saturated rings. The molecule has 0 aromatic heterocycles. The van der Waals surface area contributed by atoms with Crippen molar-refractivity contribution in [3.63, 3.8) is 0 Å². The Bertz CT molecular complexity index is 540. The summed E-state index contributed by atoms with van der Waals surface area (Å²) in [6.45, 7) is 1.77. The van der Waals surface area contributed by atoms with E-state index in [1.165, 1.54) is 12.1 Å². The zero-order valence-electron chi connectivity index (χ0n) is 11.9. The number of nitrogens with one attached hydrogen (secondary N) is 2. The molecule has 2 amide bonds. The molecule has 3 N–H and O–H groups in total. The lowest BCUT2D eigenvalue weighted by Crippen LogP contribution is -2.44. The van der Waals surface area contributed by atoms with Crippen molar-refractivity contribution in [1.29, 1.82) is 0 Å². The van der Waals surface area contributed by atoms with Gasteiger partial charge in [-0.15, -0.1) is 0 Å². The van der Waals surface area contributed by atoms with Crippen LogP contribution < -0.4 is 10.6 Å². The summed E-state index contributed by atoms with van der Waals surface area (Å²) in [6, 6.07) is 4.18. The third kappa shape index (κ3) is 4.26. The first-order valence-corrected chi connectivity index (χ1v) is 7.02. The Morgan fingerprint density at radius 3 is 2.52 bits per heavy atom. The largest absolute Gasteiger partial charge is 0.393 e. The number of carbonyl (C=O) groups excluding carboxylic acids is 2. The van der Waals surface area contributed by atoms with Crippen LogP contribution in [0.25, 0.3) is 0 Å². The molecule has 5 nitrogen and oxygen atoms in total. The number of rotatable bonds is 2. The molecule has 0 aliphatic heterocycles. The van der Waals surface area contributed by atoms with Crippen molar-refractivity contribution in [3.8, 4) is 0 Å². The highest BCUT2D eigenvalue weighted by molar-refractivity contribution is 6.39. The summed E-state index contributed by atoms with van der Waals surface area (Å²) in [4.78, 5) is 23.6. The van der Waals surface area contributed by atoms with Crippen molar-refractivity contribution in [2.75, 3.05) is 5.32 Å². The summed E-state index contributed by atoms with van der Waals surface area (Å²) in [7, 11) is 0. The summed E-state index contributed by atoms with van der Waals surface area (Å²) in [6.07, 6.45) is 2.17. The lowest BCUT2D eigenvalue weighted by Gasteiger charge is -2.25. The van der Waals surface area contributed by atoms with Crippen LogP contribution in [0, 0.1) is 12.7 Å². The zero-order valence-corrected chi connectivity index (χ0v) is 11.9. The standard InChI is InChI=1S/C15H19FN2O3/c1-9-2-7-12(16)13(8-9)18-15(21)14(20)17-10-3-5-11(19)6-4-10/h2,7-8,10-11,19H,3-6H2,1H3,(H,17,20)(H,18,21). The van der Waals surface area contributed by atoms with Crippen molar-refractivity contribution in [3.05, 3.63) is 29.6 Å². The van der Waals surface area contributed by atoms with Crippen LogP contribution in [0.2, 0.25) is 0 Å². The second kappa shape index (κ2) is 6.67. The molecule has 114 valence electrons. The average Bonchev–Trinajstić information content (AvgIpc) is 2.45. The normalized spacial score (nSPS) is 21.7. The third-order valence-electron chi connectivity index (χ3n) is 3.61. The van der Waals surface area contributed by atoms with E-state index in [0.29, 0.717) is 25.7 Å². The van der Waals surface area contributed by atoms with E-state index in [2.05, 4.69) is 10.6 Å². The van der Waals surface area contributed by atoms with Crippen LogP contribution in [0.4, 0.5) is 10.1 Å². The Kier molecular flexibility index (Phi) is 4.90. The van der Waals surface area contributed by atoms with Gasteiger partial charge in [0.25, 0.3) is 0 Å². The fourth-order valence-electron chi connectivity index (χ4n) is 2.39. The summed E-state index contributed by atoms with van der Waals surface area (Å²) >= 11 is 0. The summed E-state index contributed by atoms with van der Waals surface area (Å²) in [5.74, 6) is -2.24. The fourth-order valence-corrected chi connectivity index (χ4v) is 2.39. The number of hydrogen-bond donors (Lipinski definition) is 3. The minimum atomic E-state index is -0.884. The Labute approximate surface area is 122 Å². The molecular weight excluding hydrogens is 275 g/mol. The lowest BCUT2D eigenvalue weighted by atomic mass is 9.93. The van der Waals surface area contributed by atoms with Gasteiger partial charge in [0, 0.05) is 6.04 Å². The Balaban J connectivity index is 1.90. The van der Waals surface area contributed by atoms with E-state index in [9.17, 15) is 19.1 Å². The number of amides is 2. The summed E-state index contributed by atoms with van der Waals surface area (Å²) in [5.41, 5.74) is 0.780. The predicted molar refractivity (Wildman–Crippen MR) is 76.2 cm³/mol. The number of aliphatic hydroxyl groups is 1. The number of halogens is 1. The lowest BCUT2D eigenvalue weighted by molar-refractivity contribution is -0.136. The second-order valence-electron chi connectivity index (χ2n) is 5.42. The Hall–Kier alpha value is -1.95. The van der Waals surface area contributed by atoms with Crippen molar-refractivity contribution >= 4 is 17.5 Å². The first-order valence-electron chi connectivity index (χ1n) is 7.02. The number of carbonyl (C=O) groups is 2. The minimum Gasteiger partial charge on any atom is -0.393 e. The SMILES string of the molecule is Cc1ccc(F)c(NC(=O)C(=O)NC2CCC(O)CC2)c1. The molecule has 0 heterocycles. The van der Waals surface area contributed by atoms with E-state index >= 15 is 0 Å². The molecule has 21 heavy (non-hydrogen) atoms. The third-order valence-corrected chi connectivity index (χ3v) is 3.61. The van der Waals surface area contributed by atoms with Gasteiger partial charge in [-0.05, 0) is 50.3 Å². The van der Waals surface area contributed by atoms with Crippen molar-refractivity contribution in [2.45, 2.75) is 44.8 Å². The van der Waals surface area contributed by atoms with Gasteiger partial charge in [-0.3, -0.25) is 9.59 Å². The van der Waals surface area contributed by atoms with E-state index in [-0.39, 0.29) is 17.8 Å². The van der Waals surface area contributed by atoms with Crippen LogP contribution in [0.1, 0.15) is 31.2 Å². The van der Waals surface area contributed by atoms with Crippen LogP contribution in [-0.2, 0) is 9.59 Å². The van der Waals surface area contributed by atoms with Crippen LogP contribution >= 0.6 is 0 Å². The van der Waals surface area contributed by atoms with Gasteiger partial charge < -0.3 is 15.7 Å². The van der Waals surface area contributed by atoms with Gasteiger partial charge in [0.2, 0.25) is 0 Å². The molecule has 1 aromatic rings. The van der Waals surface area contributed by atoms with E-state index < -0.39 is 17.6 Å². The van der Waals surface area contributed by atoms with Crippen LogP contribution in [-0.4, -0.2) is 29.1 Å². The molecule has 6 heteroatoms. The minimum absolute atomic E-state index is 0.00536. The highest BCUT2D eigenvalue weighted by atomic mass is 19.1. The molecule has 0 atom stereocenters. The maximum absolute atomic E-state index is 13.5. The molecule has 0 spiro atoms. The Morgan fingerprint density at radius 1 is 1.19 bits per heavy atom. The maximum atomic E-state index is 13.5. The predicted octanol–water partition coefficient (Wildman–Crippen LogP) is 1.49. The second-order valence-corrected chi connectivity index (χ2v) is 5.42. The molecule has 1 aliphatic carbocycles.